The Kier molecular flexibility index (Phi) is 2.00. The number of aromatic nitrogens is 1. The fraction of sp³-hybridized carbons (Fsp3) is 0.182. The molecule has 0 amide bonds. The van der Waals surface area contributed by atoms with Crippen molar-refractivity contribution in [3.8, 4) is 5.75 Å². The molecular formula is C11H10NO2. The van der Waals surface area contributed by atoms with E-state index in [1.165, 1.54) is 0 Å². The number of hydrogen-bond donors (Lipinski definition) is 0. The summed E-state index contributed by atoms with van der Waals surface area (Å²) in [4.78, 5) is 11.4. The van der Waals surface area contributed by atoms with E-state index in [9.17, 15) is 9.90 Å². The van der Waals surface area contributed by atoms with E-state index in [1.54, 1.807) is 22.8 Å². The summed E-state index contributed by atoms with van der Waals surface area (Å²) in [6.07, 6.45) is 0. The van der Waals surface area contributed by atoms with Gasteiger partial charge in [-0.1, -0.05) is 12.1 Å². The molecule has 2 aromatic rings. The minimum atomic E-state index is -0.226. The molecule has 71 valence electrons. The van der Waals surface area contributed by atoms with Gasteiger partial charge in [-0.15, -0.1) is 0 Å². The Morgan fingerprint density at radius 2 is 2.00 bits per heavy atom. The molecule has 0 fully saturated rings. The molecule has 0 aliphatic carbocycles. The lowest BCUT2D eigenvalue weighted by Crippen LogP contribution is -2.17. The van der Waals surface area contributed by atoms with Crippen molar-refractivity contribution in [2.24, 2.45) is 0 Å². The smallest absolute Gasteiger partial charge is 0.254 e. The zero-order valence-corrected chi connectivity index (χ0v) is 7.86. The number of fused-ring (bicyclic) bond motifs is 1. The summed E-state index contributed by atoms with van der Waals surface area (Å²) in [7, 11) is 0. The van der Waals surface area contributed by atoms with Crippen LogP contribution in [0.15, 0.2) is 35.1 Å². The Morgan fingerprint density at radius 3 is 2.71 bits per heavy atom. The lowest BCUT2D eigenvalue weighted by Gasteiger charge is -2.06. The van der Waals surface area contributed by atoms with Gasteiger partial charge in [-0.3, -0.25) is 9.90 Å². The second kappa shape index (κ2) is 3.18. The van der Waals surface area contributed by atoms with Crippen molar-refractivity contribution in [2.75, 3.05) is 0 Å². The van der Waals surface area contributed by atoms with Gasteiger partial charge in [-0.2, -0.15) is 0 Å². The molecule has 0 aliphatic rings. The summed E-state index contributed by atoms with van der Waals surface area (Å²) < 4.78 is 1.59. The van der Waals surface area contributed by atoms with Crippen molar-refractivity contribution in [2.45, 2.75) is 13.5 Å². The molecule has 1 radical (unpaired) electrons. The Labute approximate surface area is 81.2 Å². The van der Waals surface area contributed by atoms with Crippen LogP contribution in [0.2, 0.25) is 0 Å². The Morgan fingerprint density at radius 1 is 1.29 bits per heavy atom. The Hall–Kier alpha value is -1.77. The van der Waals surface area contributed by atoms with Crippen molar-refractivity contribution in [1.29, 1.82) is 0 Å². The average molecular weight is 188 g/mol. The maximum atomic E-state index is 11.5. The molecule has 0 aliphatic heterocycles. The second-order valence-corrected chi connectivity index (χ2v) is 3.11. The number of benzene rings is 1. The maximum absolute atomic E-state index is 11.5. The summed E-state index contributed by atoms with van der Waals surface area (Å²) in [5.74, 6) is -0.199. The first-order valence-electron chi connectivity index (χ1n) is 4.53. The fourth-order valence-electron chi connectivity index (χ4n) is 1.63. The molecule has 0 saturated heterocycles. The van der Waals surface area contributed by atoms with Gasteiger partial charge in [0.15, 0.2) is 5.75 Å². The molecule has 1 aromatic carbocycles. The first-order chi connectivity index (χ1) is 6.74. The van der Waals surface area contributed by atoms with Crippen molar-refractivity contribution in [1.82, 2.24) is 4.57 Å². The van der Waals surface area contributed by atoms with Gasteiger partial charge in [0.05, 0.1) is 11.6 Å². The summed E-state index contributed by atoms with van der Waals surface area (Å²) in [5.41, 5.74) is 0.490. The first kappa shape index (κ1) is 8.81. The van der Waals surface area contributed by atoms with E-state index in [2.05, 4.69) is 0 Å². The summed E-state index contributed by atoms with van der Waals surface area (Å²) >= 11 is 0. The third kappa shape index (κ3) is 1.18. The topological polar surface area (TPSA) is 41.9 Å². The minimum Gasteiger partial charge on any atom is -0.308 e. The molecule has 2 rings (SSSR count). The lowest BCUT2D eigenvalue weighted by atomic mass is 10.2. The second-order valence-electron chi connectivity index (χ2n) is 3.11. The summed E-state index contributed by atoms with van der Waals surface area (Å²) in [5, 5.41) is 12.1. The van der Waals surface area contributed by atoms with Gasteiger partial charge in [0, 0.05) is 11.9 Å². The van der Waals surface area contributed by atoms with Crippen LogP contribution in [-0.4, -0.2) is 4.57 Å². The third-order valence-corrected chi connectivity index (χ3v) is 2.30. The highest BCUT2D eigenvalue weighted by molar-refractivity contribution is 5.84. The SMILES string of the molecule is CCn1c(=O)cc([O])c2ccccc21. The van der Waals surface area contributed by atoms with Crippen LogP contribution in [0, 0.1) is 0 Å². The molecule has 0 unspecified atom stereocenters. The summed E-state index contributed by atoms with van der Waals surface area (Å²) in [6.45, 7) is 2.47. The maximum Gasteiger partial charge on any atom is 0.254 e. The quantitative estimate of drug-likeness (QED) is 0.676. The molecule has 1 heterocycles. The van der Waals surface area contributed by atoms with Crippen LogP contribution in [0.1, 0.15) is 6.92 Å². The van der Waals surface area contributed by atoms with Crippen LogP contribution in [-0.2, 0) is 11.7 Å². The summed E-state index contributed by atoms with van der Waals surface area (Å²) in [6, 6.07) is 8.30. The van der Waals surface area contributed by atoms with Gasteiger partial charge in [0.2, 0.25) is 0 Å². The predicted octanol–water partition coefficient (Wildman–Crippen LogP) is 2.17. The van der Waals surface area contributed by atoms with Crippen LogP contribution in [0.5, 0.6) is 5.75 Å². The predicted molar refractivity (Wildman–Crippen MR) is 54.0 cm³/mol. The van der Waals surface area contributed by atoms with E-state index >= 15 is 0 Å². The fourth-order valence-corrected chi connectivity index (χ4v) is 1.63. The molecule has 0 saturated carbocycles. The van der Waals surface area contributed by atoms with Crippen LogP contribution in [0.25, 0.3) is 10.9 Å². The molecule has 3 heteroatoms. The number of aryl methyl sites for hydroxylation is 1. The molecule has 14 heavy (non-hydrogen) atoms. The molecule has 0 N–H and O–H groups in total. The molecule has 3 nitrogen and oxygen atoms in total. The largest absolute Gasteiger partial charge is 0.308 e. The standard InChI is InChI=1S/C11H10NO2/c1-2-12-9-6-4-3-5-8(9)10(13)7-11(12)14/h3-7H,2H2,1H3. The highest BCUT2D eigenvalue weighted by Crippen LogP contribution is 2.22. The van der Waals surface area contributed by atoms with Gasteiger partial charge in [0.1, 0.15) is 0 Å². The van der Waals surface area contributed by atoms with E-state index in [0.29, 0.717) is 17.4 Å². The van der Waals surface area contributed by atoms with Gasteiger partial charge >= 0.3 is 0 Å². The molecule has 0 atom stereocenters. The van der Waals surface area contributed by atoms with Gasteiger partial charge in [0.25, 0.3) is 5.56 Å². The Bertz CT molecular complexity index is 528. The zero-order chi connectivity index (χ0) is 10.1. The number of para-hydroxylation sites is 1. The average Bonchev–Trinajstić information content (AvgIpc) is 2.18. The molecular weight excluding hydrogens is 178 g/mol. The van der Waals surface area contributed by atoms with E-state index in [4.69, 9.17) is 0 Å². The lowest BCUT2D eigenvalue weighted by molar-refractivity contribution is 0.359. The highest BCUT2D eigenvalue weighted by atomic mass is 16.3. The van der Waals surface area contributed by atoms with Crippen molar-refractivity contribution >= 4 is 10.9 Å². The van der Waals surface area contributed by atoms with E-state index < -0.39 is 0 Å². The van der Waals surface area contributed by atoms with Crippen LogP contribution in [0.3, 0.4) is 0 Å². The molecule has 0 spiro atoms. The third-order valence-electron chi connectivity index (χ3n) is 2.30. The normalized spacial score (nSPS) is 10.6. The van der Waals surface area contributed by atoms with Crippen LogP contribution in [0.4, 0.5) is 0 Å². The van der Waals surface area contributed by atoms with Crippen LogP contribution >= 0.6 is 0 Å². The van der Waals surface area contributed by atoms with Gasteiger partial charge in [-0.25, -0.2) is 0 Å². The first-order valence-corrected chi connectivity index (χ1v) is 4.53. The van der Waals surface area contributed by atoms with Crippen LogP contribution < -0.4 is 5.56 Å². The molecule has 0 bridgehead atoms. The van der Waals surface area contributed by atoms with E-state index in [1.807, 2.05) is 13.0 Å². The Balaban J connectivity index is 2.98. The number of pyridine rings is 1. The zero-order valence-electron chi connectivity index (χ0n) is 7.86. The highest BCUT2D eigenvalue weighted by Gasteiger charge is 2.06. The van der Waals surface area contributed by atoms with E-state index in [-0.39, 0.29) is 11.3 Å². The van der Waals surface area contributed by atoms with Crippen molar-refractivity contribution < 1.29 is 5.11 Å². The minimum absolute atomic E-state index is 0.199. The monoisotopic (exact) mass is 188 g/mol. The molecule has 1 aromatic heterocycles. The van der Waals surface area contributed by atoms with Crippen molar-refractivity contribution in [3.05, 3.63) is 40.7 Å². The van der Waals surface area contributed by atoms with Crippen molar-refractivity contribution in [3.63, 3.8) is 0 Å². The van der Waals surface area contributed by atoms with E-state index in [0.717, 1.165) is 6.07 Å². The van der Waals surface area contributed by atoms with Gasteiger partial charge in [-0.05, 0) is 19.1 Å². The number of nitrogens with zero attached hydrogens (tertiary/aromatic N) is 1. The number of rotatable bonds is 1. The number of hydrogen-bond acceptors (Lipinski definition) is 1. The van der Waals surface area contributed by atoms with Gasteiger partial charge < -0.3 is 4.57 Å².